The molecule has 1 unspecified atom stereocenters. The molecule has 4 heteroatoms. The predicted octanol–water partition coefficient (Wildman–Crippen LogP) is -0.177. The molecule has 0 bridgehead atoms. The monoisotopic (exact) mass is 353 g/mol. The maximum absolute atomic E-state index is 10.1. The summed E-state index contributed by atoms with van der Waals surface area (Å²) in [7, 11) is 0. The Kier molecular flexibility index (Phi) is 4.55. The Hall–Kier alpha value is 0.482. The zero-order valence-corrected chi connectivity index (χ0v) is 9.22. The van der Waals surface area contributed by atoms with E-state index in [9.17, 15) is 4.79 Å². The second kappa shape index (κ2) is 4.32. The quantitative estimate of drug-likeness (QED) is 0.688. The van der Waals surface area contributed by atoms with Gasteiger partial charge >= 0.3 is 5.97 Å². The van der Waals surface area contributed by atoms with Crippen molar-refractivity contribution in [1.29, 1.82) is 0 Å². The molecule has 1 aliphatic rings. The first-order chi connectivity index (χ1) is 3.80. The molecule has 1 fully saturated rings. The molecular formula is C5H9NO2U. The van der Waals surface area contributed by atoms with Gasteiger partial charge in [-0.15, -0.1) is 0 Å². The van der Waals surface area contributed by atoms with E-state index in [1.54, 1.807) is 0 Å². The summed E-state index contributed by atoms with van der Waals surface area (Å²) in [6.45, 7) is 0.858. The minimum Gasteiger partial charge on any atom is -0.480 e. The number of nitrogens with one attached hydrogen (secondary N) is 1. The maximum Gasteiger partial charge on any atom is 0.320 e. The summed E-state index contributed by atoms with van der Waals surface area (Å²) in [4.78, 5) is 10.1. The summed E-state index contributed by atoms with van der Waals surface area (Å²) in [5.74, 6) is -0.720. The number of hydrogen-bond donors (Lipinski definition) is 2. The van der Waals surface area contributed by atoms with Crippen molar-refractivity contribution >= 4 is 5.97 Å². The van der Waals surface area contributed by atoms with E-state index in [0.29, 0.717) is 0 Å². The minimum atomic E-state index is -0.720. The average molecular weight is 353 g/mol. The van der Waals surface area contributed by atoms with Crippen LogP contribution in [0, 0.1) is 31.1 Å². The van der Waals surface area contributed by atoms with Crippen molar-refractivity contribution in [3.8, 4) is 0 Å². The third-order valence-electron chi connectivity index (χ3n) is 1.36. The molecule has 0 amide bonds. The van der Waals surface area contributed by atoms with Gasteiger partial charge in [0.25, 0.3) is 0 Å². The Morgan fingerprint density at radius 1 is 1.67 bits per heavy atom. The van der Waals surface area contributed by atoms with Crippen LogP contribution < -0.4 is 5.32 Å². The van der Waals surface area contributed by atoms with Gasteiger partial charge in [0.1, 0.15) is 6.04 Å². The molecule has 0 spiro atoms. The summed E-state index contributed by atoms with van der Waals surface area (Å²) >= 11 is 0. The van der Waals surface area contributed by atoms with E-state index >= 15 is 0 Å². The number of carbonyl (C=O) groups is 1. The molecule has 3 nitrogen and oxygen atoms in total. The van der Waals surface area contributed by atoms with E-state index in [0.717, 1.165) is 19.4 Å². The van der Waals surface area contributed by atoms with Gasteiger partial charge in [-0.05, 0) is 19.4 Å². The molecule has 9 heavy (non-hydrogen) atoms. The van der Waals surface area contributed by atoms with Crippen molar-refractivity contribution in [1.82, 2.24) is 5.32 Å². The van der Waals surface area contributed by atoms with Gasteiger partial charge in [0.2, 0.25) is 0 Å². The molecule has 0 saturated carbocycles. The van der Waals surface area contributed by atoms with Crippen LogP contribution in [0.2, 0.25) is 0 Å². The third-order valence-corrected chi connectivity index (χ3v) is 1.36. The molecule has 1 rings (SSSR count). The molecular weight excluding hydrogens is 344 g/mol. The first kappa shape index (κ1) is 9.48. The van der Waals surface area contributed by atoms with Crippen molar-refractivity contribution in [2.45, 2.75) is 18.9 Å². The maximum atomic E-state index is 10.1. The minimum absolute atomic E-state index is 0. The summed E-state index contributed by atoms with van der Waals surface area (Å²) in [5.41, 5.74) is 0. The molecule has 1 saturated heterocycles. The van der Waals surface area contributed by atoms with Crippen LogP contribution in [-0.2, 0) is 4.79 Å². The van der Waals surface area contributed by atoms with E-state index < -0.39 is 5.97 Å². The SMILES string of the molecule is O=C(O)C1CCCN1.[U]. The van der Waals surface area contributed by atoms with Crippen molar-refractivity contribution in [2.75, 3.05) is 6.54 Å². The van der Waals surface area contributed by atoms with Crippen LogP contribution in [0.15, 0.2) is 0 Å². The van der Waals surface area contributed by atoms with E-state index in [4.69, 9.17) is 5.11 Å². The fraction of sp³-hybridized carbons (Fsp3) is 0.800. The number of carboxylic acids is 1. The van der Waals surface area contributed by atoms with Crippen LogP contribution >= 0.6 is 0 Å². The van der Waals surface area contributed by atoms with Crippen LogP contribution in [0.4, 0.5) is 0 Å². The molecule has 0 aromatic heterocycles. The third kappa shape index (κ3) is 2.70. The summed E-state index contributed by atoms with van der Waals surface area (Å²) in [5, 5.41) is 11.2. The van der Waals surface area contributed by atoms with Crippen molar-refractivity contribution < 1.29 is 41.0 Å². The Bertz CT molecular complexity index is 101. The number of aliphatic carboxylic acids is 1. The predicted molar refractivity (Wildman–Crippen MR) is 28.7 cm³/mol. The van der Waals surface area contributed by atoms with Crippen molar-refractivity contribution in [2.24, 2.45) is 0 Å². The van der Waals surface area contributed by atoms with Gasteiger partial charge in [-0.3, -0.25) is 4.79 Å². The standard InChI is InChI=1S/C5H9NO2.U/c7-5(8)4-2-1-3-6-4;/h4,6H,1-3H2,(H,7,8);. The molecule has 0 aromatic rings. The van der Waals surface area contributed by atoms with Crippen LogP contribution in [0.1, 0.15) is 12.8 Å². The zero-order chi connectivity index (χ0) is 5.98. The summed E-state index contributed by atoms with van der Waals surface area (Å²) < 4.78 is 0. The first-order valence-corrected chi connectivity index (χ1v) is 2.77. The van der Waals surface area contributed by atoms with Gasteiger partial charge in [-0.1, -0.05) is 0 Å². The summed E-state index contributed by atoms with van der Waals surface area (Å²) in [6.07, 6.45) is 1.78. The van der Waals surface area contributed by atoms with Gasteiger partial charge in [-0.2, -0.15) is 0 Å². The molecule has 1 aliphatic heterocycles. The largest absolute Gasteiger partial charge is 0.480 e. The number of carboxylic acid groups (broad SMARTS) is 1. The summed E-state index contributed by atoms with van der Waals surface area (Å²) in [6, 6.07) is -0.269. The molecule has 50 valence electrons. The van der Waals surface area contributed by atoms with Crippen LogP contribution in [0.5, 0.6) is 0 Å². The number of rotatable bonds is 1. The Morgan fingerprint density at radius 2 is 2.33 bits per heavy atom. The molecule has 0 aliphatic carbocycles. The van der Waals surface area contributed by atoms with E-state index in [-0.39, 0.29) is 37.2 Å². The Balaban J connectivity index is 0.000000640. The van der Waals surface area contributed by atoms with Gasteiger partial charge in [0.05, 0.1) is 0 Å². The topological polar surface area (TPSA) is 49.3 Å². The first-order valence-electron chi connectivity index (χ1n) is 2.77. The van der Waals surface area contributed by atoms with Crippen LogP contribution in [0.25, 0.3) is 0 Å². The average Bonchev–Trinajstić information content (AvgIpc) is 2.12. The van der Waals surface area contributed by atoms with Crippen molar-refractivity contribution in [3.63, 3.8) is 0 Å². The van der Waals surface area contributed by atoms with E-state index in [1.165, 1.54) is 0 Å². The van der Waals surface area contributed by atoms with Crippen LogP contribution in [-0.4, -0.2) is 23.7 Å². The molecule has 1 heterocycles. The Labute approximate surface area is 77.6 Å². The fourth-order valence-electron chi connectivity index (χ4n) is 0.895. The fourth-order valence-corrected chi connectivity index (χ4v) is 0.895. The van der Waals surface area contributed by atoms with Gasteiger partial charge in [0.15, 0.2) is 0 Å². The molecule has 1 atom stereocenters. The second-order valence-corrected chi connectivity index (χ2v) is 1.99. The molecule has 2 N–H and O–H groups in total. The van der Waals surface area contributed by atoms with Gasteiger partial charge in [-0.25, -0.2) is 0 Å². The second-order valence-electron chi connectivity index (χ2n) is 1.99. The van der Waals surface area contributed by atoms with Crippen LogP contribution in [0.3, 0.4) is 0 Å². The molecule has 0 radical (unpaired) electrons. The van der Waals surface area contributed by atoms with Crippen molar-refractivity contribution in [3.05, 3.63) is 0 Å². The molecule has 0 aromatic carbocycles. The van der Waals surface area contributed by atoms with E-state index in [2.05, 4.69) is 5.32 Å². The van der Waals surface area contributed by atoms with E-state index in [1.807, 2.05) is 0 Å². The zero-order valence-electron chi connectivity index (χ0n) is 5.05. The smallest absolute Gasteiger partial charge is 0.320 e. The normalized spacial score (nSPS) is 25.1. The van der Waals surface area contributed by atoms with Gasteiger partial charge < -0.3 is 10.4 Å². The Morgan fingerprint density at radius 3 is 2.56 bits per heavy atom. The number of hydrogen-bond acceptors (Lipinski definition) is 2. The van der Waals surface area contributed by atoms with Gasteiger partial charge in [0, 0.05) is 31.1 Å².